The molecule has 106 valence electrons. The number of nitrogens with two attached hydrogens (primary N) is 1. The fourth-order valence-corrected chi connectivity index (χ4v) is 1.93. The van der Waals surface area contributed by atoms with Gasteiger partial charge in [-0.1, -0.05) is 17.7 Å². The molecule has 19 heavy (non-hydrogen) atoms. The van der Waals surface area contributed by atoms with E-state index in [-0.39, 0.29) is 0 Å². The molecular formula is C14H22ClN3O. The maximum Gasteiger partial charge on any atom is 0.248 e. The van der Waals surface area contributed by atoms with Gasteiger partial charge in [0.25, 0.3) is 0 Å². The average molecular weight is 284 g/mol. The van der Waals surface area contributed by atoms with Gasteiger partial charge in [-0.15, -0.1) is 0 Å². The summed E-state index contributed by atoms with van der Waals surface area (Å²) >= 11 is 6.13. The highest BCUT2D eigenvalue weighted by Gasteiger charge is 2.07. The van der Waals surface area contributed by atoms with Crippen LogP contribution in [0.15, 0.2) is 18.2 Å². The highest BCUT2D eigenvalue weighted by atomic mass is 35.5. The number of benzene rings is 1. The number of hydrogen-bond acceptors (Lipinski definition) is 3. The second-order valence-corrected chi connectivity index (χ2v) is 5.45. The molecule has 0 radical (unpaired) electrons. The Bertz CT molecular complexity index is 435. The molecule has 0 aliphatic heterocycles. The zero-order valence-electron chi connectivity index (χ0n) is 11.7. The first-order chi connectivity index (χ1) is 8.90. The van der Waals surface area contributed by atoms with E-state index in [1.807, 2.05) is 6.07 Å². The third-order valence-electron chi connectivity index (χ3n) is 2.99. The summed E-state index contributed by atoms with van der Waals surface area (Å²) in [6.07, 6.45) is 1.07. The van der Waals surface area contributed by atoms with Crippen LogP contribution in [0.5, 0.6) is 0 Å². The number of rotatable bonds is 7. The van der Waals surface area contributed by atoms with Gasteiger partial charge in [-0.2, -0.15) is 0 Å². The van der Waals surface area contributed by atoms with E-state index in [2.05, 4.69) is 31.2 Å². The van der Waals surface area contributed by atoms with Gasteiger partial charge in [0, 0.05) is 23.2 Å². The quantitative estimate of drug-likeness (QED) is 0.803. The van der Waals surface area contributed by atoms with E-state index < -0.39 is 5.91 Å². The van der Waals surface area contributed by atoms with E-state index >= 15 is 0 Å². The highest BCUT2D eigenvalue weighted by Crippen LogP contribution is 2.17. The summed E-state index contributed by atoms with van der Waals surface area (Å²) < 4.78 is 0. The molecule has 3 N–H and O–H groups in total. The molecule has 1 amide bonds. The Morgan fingerprint density at radius 2 is 2.16 bits per heavy atom. The van der Waals surface area contributed by atoms with E-state index in [1.54, 1.807) is 12.1 Å². The third-order valence-corrected chi connectivity index (χ3v) is 3.34. The van der Waals surface area contributed by atoms with Crippen molar-refractivity contribution < 1.29 is 4.79 Å². The Hall–Kier alpha value is -1.10. The fraction of sp³-hybridized carbons (Fsp3) is 0.500. The zero-order chi connectivity index (χ0) is 14.4. The van der Waals surface area contributed by atoms with Gasteiger partial charge in [-0.25, -0.2) is 0 Å². The lowest BCUT2D eigenvalue weighted by Crippen LogP contribution is -2.29. The predicted octanol–water partition coefficient (Wildman–Crippen LogP) is 1.87. The summed E-state index contributed by atoms with van der Waals surface area (Å²) in [5, 5.41) is 3.99. The molecule has 0 aliphatic rings. The smallest absolute Gasteiger partial charge is 0.248 e. The molecule has 0 saturated carbocycles. The first-order valence-electron chi connectivity index (χ1n) is 6.36. The molecule has 1 atom stereocenters. The summed E-state index contributed by atoms with van der Waals surface area (Å²) in [5.41, 5.74) is 6.62. The van der Waals surface area contributed by atoms with Crippen LogP contribution in [0.2, 0.25) is 5.02 Å². The predicted molar refractivity (Wildman–Crippen MR) is 79.4 cm³/mol. The van der Waals surface area contributed by atoms with E-state index in [0.717, 1.165) is 18.5 Å². The van der Waals surface area contributed by atoms with Crippen LogP contribution in [0.3, 0.4) is 0 Å². The van der Waals surface area contributed by atoms with Crippen molar-refractivity contribution in [1.29, 1.82) is 0 Å². The second-order valence-electron chi connectivity index (χ2n) is 5.04. The number of nitrogens with one attached hydrogen (secondary N) is 1. The molecule has 0 spiro atoms. The number of hydrogen-bond donors (Lipinski definition) is 2. The Labute approximate surface area is 119 Å². The summed E-state index contributed by atoms with van der Waals surface area (Å²) in [4.78, 5) is 13.2. The molecule has 5 heteroatoms. The maximum absolute atomic E-state index is 11.0. The molecule has 0 fully saturated rings. The van der Waals surface area contributed by atoms with E-state index in [0.29, 0.717) is 23.2 Å². The van der Waals surface area contributed by atoms with E-state index in [4.69, 9.17) is 17.3 Å². The van der Waals surface area contributed by atoms with Crippen LogP contribution < -0.4 is 11.1 Å². The number of carbonyl (C=O) groups is 1. The number of carbonyl (C=O) groups excluding carboxylic acids is 1. The SMILES string of the molecule is CC(CCN(C)C)NCc1ccc(C(N)=O)cc1Cl. The molecule has 0 heterocycles. The largest absolute Gasteiger partial charge is 0.366 e. The van der Waals surface area contributed by atoms with Crippen molar-refractivity contribution in [2.45, 2.75) is 25.9 Å². The zero-order valence-corrected chi connectivity index (χ0v) is 12.5. The van der Waals surface area contributed by atoms with Gasteiger partial charge in [0.2, 0.25) is 5.91 Å². The monoisotopic (exact) mass is 283 g/mol. The van der Waals surface area contributed by atoms with E-state index in [9.17, 15) is 4.79 Å². The lowest BCUT2D eigenvalue weighted by molar-refractivity contribution is 0.100. The van der Waals surface area contributed by atoms with Crippen molar-refractivity contribution in [3.63, 3.8) is 0 Å². The van der Waals surface area contributed by atoms with Crippen molar-refractivity contribution in [1.82, 2.24) is 10.2 Å². The van der Waals surface area contributed by atoms with Crippen LogP contribution in [-0.4, -0.2) is 37.5 Å². The Kier molecular flexibility index (Phi) is 6.28. The molecule has 1 aromatic carbocycles. The molecule has 1 unspecified atom stereocenters. The van der Waals surface area contributed by atoms with Gasteiger partial charge in [0.05, 0.1) is 0 Å². The van der Waals surface area contributed by atoms with Gasteiger partial charge in [0.15, 0.2) is 0 Å². The lowest BCUT2D eigenvalue weighted by atomic mass is 10.1. The van der Waals surface area contributed by atoms with Gasteiger partial charge >= 0.3 is 0 Å². The number of primary amides is 1. The fourth-order valence-electron chi connectivity index (χ4n) is 1.68. The minimum atomic E-state index is -0.458. The first-order valence-corrected chi connectivity index (χ1v) is 6.74. The summed E-state index contributed by atoms with van der Waals surface area (Å²) in [6, 6.07) is 5.57. The minimum absolute atomic E-state index is 0.411. The molecule has 0 bridgehead atoms. The Balaban J connectivity index is 2.51. The summed E-state index contributed by atoms with van der Waals surface area (Å²) in [6.45, 7) is 3.88. The van der Waals surface area contributed by atoms with Gasteiger partial charge in [0.1, 0.15) is 0 Å². The second kappa shape index (κ2) is 7.48. The molecule has 1 rings (SSSR count). The van der Waals surface area contributed by atoms with Crippen LogP contribution in [0.25, 0.3) is 0 Å². The minimum Gasteiger partial charge on any atom is -0.366 e. The van der Waals surface area contributed by atoms with Crippen LogP contribution >= 0.6 is 11.6 Å². The molecule has 0 aliphatic carbocycles. The van der Waals surface area contributed by atoms with Crippen LogP contribution in [0.4, 0.5) is 0 Å². The van der Waals surface area contributed by atoms with Crippen molar-refractivity contribution >= 4 is 17.5 Å². The molecule has 4 nitrogen and oxygen atoms in total. The van der Waals surface area contributed by atoms with Gasteiger partial charge < -0.3 is 16.0 Å². The van der Waals surface area contributed by atoms with Crippen molar-refractivity contribution in [3.8, 4) is 0 Å². The number of nitrogens with zero attached hydrogens (tertiary/aromatic N) is 1. The Morgan fingerprint density at radius 3 is 2.68 bits per heavy atom. The van der Waals surface area contributed by atoms with Crippen molar-refractivity contribution in [2.75, 3.05) is 20.6 Å². The van der Waals surface area contributed by atoms with Crippen LogP contribution in [-0.2, 0) is 6.54 Å². The number of halogens is 1. The molecule has 1 aromatic rings. The van der Waals surface area contributed by atoms with Crippen LogP contribution in [0.1, 0.15) is 29.3 Å². The Morgan fingerprint density at radius 1 is 1.47 bits per heavy atom. The topological polar surface area (TPSA) is 58.4 Å². The normalized spacial score (nSPS) is 12.7. The molecule has 0 saturated heterocycles. The standard InChI is InChI=1S/C14H22ClN3O/c1-10(6-7-18(2)3)17-9-12-5-4-11(14(16)19)8-13(12)15/h4-5,8,10,17H,6-7,9H2,1-3H3,(H2,16,19). The third kappa shape index (κ3) is 5.59. The summed E-state index contributed by atoms with van der Waals surface area (Å²) in [5.74, 6) is -0.458. The maximum atomic E-state index is 11.0. The van der Waals surface area contributed by atoms with Gasteiger partial charge in [-0.3, -0.25) is 4.79 Å². The highest BCUT2D eigenvalue weighted by molar-refractivity contribution is 6.31. The van der Waals surface area contributed by atoms with Gasteiger partial charge in [-0.05, 0) is 51.7 Å². The number of amides is 1. The summed E-state index contributed by atoms with van der Waals surface area (Å²) in [7, 11) is 4.12. The van der Waals surface area contributed by atoms with Crippen molar-refractivity contribution in [2.24, 2.45) is 5.73 Å². The molecular weight excluding hydrogens is 262 g/mol. The first kappa shape index (κ1) is 16.0. The van der Waals surface area contributed by atoms with Crippen LogP contribution in [0, 0.1) is 0 Å². The lowest BCUT2D eigenvalue weighted by Gasteiger charge is -2.17. The van der Waals surface area contributed by atoms with Crippen molar-refractivity contribution in [3.05, 3.63) is 34.3 Å². The average Bonchev–Trinajstić information content (AvgIpc) is 2.34. The molecule has 0 aromatic heterocycles. The van der Waals surface area contributed by atoms with E-state index in [1.165, 1.54) is 0 Å².